The number of alkyl carbamates (subject to hydrolysis) is 1. The Bertz CT molecular complexity index is 1450. The first-order valence-corrected chi connectivity index (χ1v) is 15.6. The Morgan fingerprint density at radius 2 is 1.56 bits per heavy atom. The van der Waals surface area contributed by atoms with E-state index in [9.17, 15) is 24.0 Å². The van der Waals surface area contributed by atoms with Crippen molar-refractivity contribution in [3.63, 3.8) is 0 Å². The number of thioether (sulfide) groups is 1. The molecule has 2 aliphatic heterocycles. The summed E-state index contributed by atoms with van der Waals surface area (Å²) < 4.78 is 11.2. The van der Waals surface area contributed by atoms with Crippen LogP contribution in [0.5, 0.6) is 0 Å². The van der Waals surface area contributed by atoms with Gasteiger partial charge in [-0.25, -0.2) is 9.59 Å². The molecule has 1 aromatic heterocycles. The molecule has 0 bridgehead atoms. The third-order valence-electron chi connectivity index (χ3n) is 6.77. The van der Waals surface area contributed by atoms with E-state index in [0.29, 0.717) is 16.0 Å². The topological polar surface area (TPSA) is 131 Å². The summed E-state index contributed by atoms with van der Waals surface area (Å²) in [5.41, 5.74) is 0.654. The van der Waals surface area contributed by atoms with Gasteiger partial charge in [0.05, 0.1) is 5.75 Å². The maximum atomic E-state index is 13.5. The zero-order valence-corrected chi connectivity index (χ0v) is 25.4. The Morgan fingerprint density at radius 1 is 0.930 bits per heavy atom. The van der Waals surface area contributed by atoms with Crippen molar-refractivity contribution in [2.24, 2.45) is 0 Å². The molecule has 3 amide bonds. The minimum Gasteiger partial charge on any atom is -0.451 e. The average Bonchev–Trinajstić information content (AvgIpc) is 3.52. The number of Topliss-reactive ketones (excluding diaryl/α,β-unsaturated/α-hetero) is 1. The Kier molecular flexibility index (Phi) is 8.88. The van der Waals surface area contributed by atoms with Crippen LogP contribution >= 0.6 is 23.1 Å². The Labute approximate surface area is 257 Å². The zero-order valence-electron chi connectivity index (χ0n) is 23.7. The summed E-state index contributed by atoms with van der Waals surface area (Å²) in [5, 5.41) is 6.39. The van der Waals surface area contributed by atoms with Crippen LogP contribution in [0.1, 0.15) is 48.9 Å². The predicted molar refractivity (Wildman–Crippen MR) is 161 cm³/mol. The van der Waals surface area contributed by atoms with Crippen molar-refractivity contribution in [3.8, 4) is 0 Å². The van der Waals surface area contributed by atoms with Crippen molar-refractivity contribution in [2.45, 2.75) is 56.0 Å². The summed E-state index contributed by atoms with van der Waals surface area (Å²) in [5.74, 6) is -2.52. The van der Waals surface area contributed by atoms with Crippen molar-refractivity contribution in [1.29, 1.82) is 0 Å². The Balaban J connectivity index is 1.31. The van der Waals surface area contributed by atoms with E-state index < -0.39 is 64.9 Å². The van der Waals surface area contributed by atoms with Crippen molar-refractivity contribution in [2.75, 3.05) is 5.75 Å². The van der Waals surface area contributed by atoms with Crippen molar-refractivity contribution >= 4 is 52.8 Å². The molecule has 12 heteroatoms. The van der Waals surface area contributed by atoms with Crippen LogP contribution in [0.25, 0.3) is 0 Å². The number of nitrogens with one attached hydrogen (secondary N) is 2. The number of ketones is 1. The lowest BCUT2D eigenvalue weighted by molar-refractivity contribution is -0.170. The lowest BCUT2D eigenvalue weighted by atomic mass is 9.98. The first kappa shape index (κ1) is 30.3. The molecule has 2 saturated heterocycles. The highest BCUT2D eigenvalue weighted by Crippen LogP contribution is 2.38. The van der Waals surface area contributed by atoms with Crippen molar-refractivity contribution in [1.82, 2.24) is 15.5 Å². The molecule has 4 atom stereocenters. The van der Waals surface area contributed by atoms with Gasteiger partial charge in [0.1, 0.15) is 23.1 Å². The molecule has 0 aliphatic carbocycles. The maximum absolute atomic E-state index is 13.5. The molecular weight excluding hydrogens is 590 g/mol. The summed E-state index contributed by atoms with van der Waals surface area (Å²) in [6.07, 6.45) is -1.57. The van der Waals surface area contributed by atoms with E-state index in [4.69, 9.17) is 9.47 Å². The molecule has 2 unspecified atom stereocenters. The molecule has 2 aromatic carbocycles. The summed E-state index contributed by atoms with van der Waals surface area (Å²) in [4.78, 5) is 67.5. The monoisotopic (exact) mass is 621 g/mol. The van der Waals surface area contributed by atoms with Gasteiger partial charge in [-0.05, 0) is 43.3 Å². The van der Waals surface area contributed by atoms with E-state index in [1.165, 1.54) is 16.2 Å². The fourth-order valence-electron chi connectivity index (χ4n) is 4.86. The number of esters is 1. The minimum absolute atomic E-state index is 0.0353. The molecule has 3 heterocycles. The molecule has 10 nitrogen and oxygen atoms in total. The van der Waals surface area contributed by atoms with Crippen LogP contribution in [0, 0.1) is 0 Å². The van der Waals surface area contributed by atoms with Crippen molar-refractivity contribution < 1.29 is 33.4 Å². The van der Waals surface area contributed by atoms with Gasteiger partial charge < -0.3 is 25.0 Å². The van der Waals surface area contributed by atoms with E-state index in [-0.39, 0.29) is 5.75 Å². The predicted octanol–water partition coefficient (Wildman–Crippen LogP) is 3.98. The third kappa shape index (κ3) is 6.75. The molecular formula is C31H31N3O7S2. The number of nitrogens with zero attached hydrogens (tertiary/aromatic N) is 1. The first-order chi connectivity index (χ1) is 20.5. The van der Waals surface area contributed by atoms with E-state index in [1.807, 2.05) is 60.7 Å². The number of thiophene rings is 1. The van der Waals surface area contributed by atoms with Gasteiger partial charge in [-0.15, -0.1) is 23.1 Å². The highest BCUT2D eigenvalue weighted by Gasteiger charge is 2.58. The lowest BCUT2D eigenvalue weighted by Gasteiger charge is -2.51. The standard InChI is InChI=1S/C31H31N3O7S2/c1-31(2,3)41-30(39)33-22(21-15-10-16-42-21)26(36)32-23-27(37)34-24(20(35)17-43-28(23)34)29(38)40-25(18-11-6-4-7-12-18)19-13-8-5-9-14-19/h4-16,22-25,28H,17H2,1-3H3,(H,32,36)(H,33,39)/t22?,23-,24?,28+/m1/s1. The van der Waals surface area contributed by atoms with E-state index in [0.717, 1.165) is 11.8 Å². The number of carbonyl (C=O) groups is 5. The smallest absolute Gasteiger partial charge is 0.408 e. The summed E-state index contributed by atoms with van der Waals surface area (Å²) in [6, 6.07) is 18.2. The summed E-state index contributed by atoms with van der Waals surface area (Å²) in [6.45, 7) is 5.12. The van der Waals surface area contributed by atoms with Crippen LogP contribution < -0.4 is 10.6 Å². The van der Waals surface area contributed by atoms with Crippen LogP contribution in [0.2, 0.25) is 0 Å². The number of β-lactam (4-membered cyclic amide) rings is 1. The van der Waals surface area contributed by atoms with E-state index >= 15 is 0 Å². The number of fused-ring (bicyclic) bond motifs is 1. The molecule has 0 radical (unpaired) electrons. The third-order valence-corrected chi connectivity index (χ3v) is 9.00. The quantitative estimate of drug-likeness (QED) is 0.219. The second kappa shape index (κ2) is 12.6. The Hall–Kier alpha value is -4.16. The van der Waals surface area contributed by atoms with Gasteiger partial charge in [0.15, 0.2) is 17.9 Å². The van der Waals surface area contributed by atoms with Gasteiger partial charge in [-0.2, -0.15) is 0 Å². The zero-order chi connectivity index (χ0) is 30.7. The number of hydrogen-bond acceptors (Lipinski definition) is 9. The number of rotatable bonds is 8. The average molecular weight is 622 g/mol. The number of benzene rings is 2. The van der Waals surface area contributed by atoms with E-state index in [1.54, 1.807) is 38.3 Å². The first-order valence-electron chi connectivity index (χ1n) is 13.6. The van der Waals surface area contributed by atoms with Crippen LogP contribution in [-0.4, -0.2) is 63.4 Å². The number of carbonyl (C=O) groups excluding carboxylic acids is 5. The van der Waals surface area contributed by atoms with Gasteiger partial charge in [-0.1, -0.05) is 66.7 Å². The highest BCUT2D eigenvalue weighted by atomic mass is 32.2. The largest absolute Gasteiger partial charge is 0.451 e. The van der Waals surface area contributed by atoms with Crippen LogP contribution in [0.3, 0.4) is 0 Å². The lowest BCUT2D eigenvalue weighted by Crippen LogP contribution is -2.76. The minimum atomic E-state index is -1.44. The maximum Gasteiger partial charge on any atom is 0.408 e. The summed E-state index contributed by atoms with van der Waals surface area (Å²) in [7, 11) is 0. The molecule has 0 saturated carbocycles. The van der Waals surface area contributed by atoms with Gasteiger partial charge >= 0.3 is 12.1 Å². The van der Waals surface area contributed by atoms with Gasteiger partial charge in [0.2, 0.25) is 11.8 Å². The molecule has 43 heavy (non-hydrogen) atoms. The molecule has 2 aliphatic rings. The molecule has 2 fully saturated rings. The molecule has 2 N–H and O–H groups in total. The highest BCUT2D eigenvalue weighted by molar-refractivity contribution is 8.00. The number of hydrogen-bond donors (Lipinski definition) is 2. The second-order valence-electron chi connectivity index (χ2n) is 11.0. The molecule has 5 rings (SSSR count). The van der Waals surface area contributed by atoms with Gasteiger partial charge in [-0.3, -0.25) is 14.4 Å². The van der Waals surface area contributed by atoms with Gasteiger partial charge in [0, 0.05) is 4.88 Å². The Morgan fingerprint density at radius 3 is 2.12 bits per heavy atom. The molecule has 3 aromatic rings. The summed E-state index contributed by atoms with van der Waals surface area (Å²) >= 11 is 2.43. The fraction of sp³-hybridized carbons (Fsp3) is 0.323. The normalized spacial score (nSPS) is 20.5. The second-order valence-corrected chi connectivity index (χ2v) is 13.1. The molecule has 0 spiro atoms. The number of amides is 3. The van der Waals surface area contributed by atoms with Crippen LogP contribution in [0.15, 0.2) is 78.2 Å². The van der Waals surface area contributed by atoms with Crippen LogP contribution in [-0.2, 0) is 28.7 Å². The van der Waals surface area contributed by atoms with Gasteiger partial charge in [0.25, 0.3) is 0 Å². The SMILES string of the molecule is CC(C)(C)OC(=O)NC(C(=O)N[C@@H]1C(=O)N2C(C(=O)OC(c3ccccc3)c3ccccc3)C(=O)CS[C@@H]12)c1cccs1. The van der Waals surface area contributed by atoms with E-state index in [2.05, 4.69) is 10.6 Å². The van der Waals surface area contributed by atoms with Crippen LogP contribution in [0.4, 0.5) is 4.79 Å². The fourth-order valence-corrected chi connectivity index (χ4v) is 6.89. The molecule has 224 valence electrons. The number of ether oxygens (including phenoxy) is 2. The van der Waals surface area contributed by atoms with Crippen molar-refractivity contribution in [3.05, 3.63) is 94.2 Å².